The van der Waals surface area contributed by atoms with E-state index in [4.69, 9.17) is 9.47 Å². The van der Waals surface area contributed by atoms with Gasteiger partial charge in [-0.15, -0.1) is 0 Å². The number of aryl methyl sites for hydroxylation is 1. The zero-order chi connectivity index (χ0) is 41.9. The van der Waals surface area contributed by atoms with Crippen LogP contribution in [-0.2, 0) is 25.5 Å². The predicted octanol–water partition coefficient (Wildman–Crippen LogP) is 11.0. The molecule has 306 valence electrons. The number of halogens is 17. The van der Waals surface area contributed by atoms with Crippen LogP contribution in [0.15, 0.2) is 30.3 Å². The summed E-state index contributed by atoms with van der Waals surface area (Å²) in [7, 11) is 0. The van der Waals surface area contributed by atoms with Crippen LogP contribution in [0.2, 0.25) is 0 Å². The molecule has 0 saturated heterocycles. The molecule has 0 N–H and O–H groups in total. The molecule has 0 radical (unpaired) electrons. The molecule has 21 heteroatoms. The normalized spacial score (nSPS) is 15.7. The van der Waals surface area contributed by atoms with Gasteiger partial charge in [-0.3, -0.25) is 4.79 Å². The summed E-state index contributed by atoms with van der Waals surface area (Å²) in [6, 6.07) is 4.66. The van der Waals surface area contributed by atoms with Gasteiger partial charge in [0.15, 0.2) is 0 Å². The Morgan fingerprint density at radius 3 is 1.49 bits per heavy atom. The first-order valence-corrected chi connectivity index (χ1v) is 15.3. The second kappa shape index (κ2) is 15.8. The molecule has 1 aromatic carbocycles. The van der Waals surface area contributed by atoms with Crippen molar-refractivity contribution in [1.82, 2.24) is 0 Å². The number of esters is 2. The zero-order valence-electron chi connectivity index (χ0n) is 28.5. The quantitative estimate of drug-likeness (QED) is 0.0642. The molecule has 1 unspecified atom stereocenters. The summed E-state index contributed by atoms with van der Waals surface area (Å²) in [5.74, 6) is -57.8. The molecule has 0 spiro atoms. The molecule has 0 aliphatic carbocycles. The fourth-order valence-electron chi connectivity index (χ4n) is 4.84. The van der Waals surface area contributed by atoms with Crippen LogP contribution >= 0.6 is 0 Å². The average molecular weight is 807 g/mol. The van der Waals surface area contributed by atoms with E-state index in [9.17, 15) is 84.2 Å². The van der Waals surface area contributed by atoms with E-state index in [1.54, 1.807) is 6.92 Å². The molecule has 0 bridgehead atoms. The van der Waals surface area contributed by atoms with Gasteiger partial charge in [-0.2, -0.15) is 74.6 Å². The lowest BCUT2D eigenvalue weighted by molar-refractivity contribution is -0.461. The number of rotatable bonds is 18. The van der Waals surface area contributed by atoms with Crippen LogP contribution in [0.4, 0.5) is 74.6 Å². The molecule has 4 nitrogen and oxygen atoms in total. The summed E-state index contributed by atoms with van der Waals surface area (Å²) in [6.45, 7) is 8.86. The molecule has 0 aromatic heterocycles. The van der Waals surface area contributed by atoms with Gasteiger partial charge >= 0.3 is 59.6 Å². The monoisotopic (exact) mass is 806 g/mol. The number of benzene rings is 1. The van der Waals surface area contributed by atoms with E-state index in [0.29, 0.717) is 12.8 Å². The smallest absolute Gasteiger partial charge is 0.460 e. The Kier molecular flexibility index (Phi) is 14.2. The van der Waals surface area contributed by atoms with E-state index in [2.05, 4.69) is 0 Å². The Bertz CT molecular complexity index is 1430. The summed E-state index contributed by atoms with van der Waals surface area (Å²) < 4.78 is 238. The maximum Gasteiger partial charge on any atom is 0.460 e. The fourth-order valence-corrected chi connectivity index (χ4v) is 4.84. The van der Waals surface area contributed by atoms with Crippen molar-refractivity contribution in [2.75, 3.05) is 13.2 Å². The fraction of sp³-hybridized carbons (Fsp3) is 0.688. The number of hydrogen-bond donors (Lipinski definition) is 0. The Morgan fingerprint density at radius 1 is 0.623 bits per heavy atom. The lowest BCUT2D eigenvalue weighted by Crippen LogP contribution is -2.74. The maximum absolute atomic E-state index is 14.2. The molecule has 1 aromatic rings. The van der Waals surface area contributed by atoms with Gasteiger partial charge in [-0.05, 0) is 55.2 Å². The van der Waals surface area contributed by atoms with Gasteiger partial charge in [0.2, 0.25) is 0 Å². The number of hydrogen-bond acceptors (Lipinski definition) is 4. The van der Waals surface area contributed by atoms with Crippen molar-refractivity contribution in [3.8, 4) is 0 Å². The molecule has 0 saturated carbocycles. The third-order valence-electron chi connectivity index (χ3n) is 7.89. The van der Waals surface area contributed by atoms with Crippen molar-refractivity contribution >= 4 is 18.0 Å². The second-order valence-corrected chi connectivity index (χ2v) is 13.5. The minimum Gasteiger partial charge on any atom is -0.462 e. The van der Waals surface area contributed by atoms with Crippen molar-refractivity contribution < 1.29 is 93.7 Å². The van der Waals surface area contributed by atoms with Crippen molar-refractivity contribution in [3.63, 3.8) is 0 Å². The Morgan fingerprint density at radius 2 is 1.06 bits per heavy atom. The van der Waals surface area contributed by atoms with Gasteiger partial charge < -0.3 is 9.47 Å². The van der Waals surface area contributed by atoms with E-state index in [1.165, 1.54) is 18.2 Å². The van der Waals surface area contributed by atoms with Gasteiger partial charge in [-0.25, -0.2) is 4.79 Å². The first kappa shape index (κ1) is 47.7. The molecule has 0 aliphatic rings. The van der Waals surface area contributed by atoms with Crippen molar-refractivity contribution in [1.29, 1.82) is 0 Å². The highest BCUT2D eigenvalue weighted by Gasteiger charge is 2.95. The zero-order valence-corrected chi connectivity index (χ0v) is 28.5. The lowest BCUT2D eigenvalue weighted by atomic mass is 9.73. The molecule has 0 heterocycles. The molecule has 0 aliphatic heterocycles. The Labute approximate surface area is 292 Å². The molecule has 0 amide bonds. The van der Waals surface area contributed by atoms with Crippen LogP contribution < -0.4 is 0 Å². The standard InChI is InChI=1S/C32H35F17O4/c1-6-24(5,18-23(2,3)4)22(51)53-17-16-52-21(50)14-13-20-11-9-19(10-12-20)8-7-15-25(33,34)26(35,36)27(37,38)28(39,40)29(41,42)30(43,44)31(45,46)32(47,48)49/h9-14H,6-8,15-18H2,1-5H3/b14-13+. The molecule has 1 rings (SSSR count). The van der Waals surface area contributed by atoms with Crippen LogP contribution in [0.3, 0.4) is 0 Å². The number of alkyl halides is 17. The Balaban J connectivity index is 2.88. The first-order chi connectivity index (χ1) is 23.5. The van der Waals surface area contributed by atoms with Crippen molar-refractivity contribution in [3.05, 3.63) is 41.5 Å². The minimum atomic E-state index is -8.66. The number of ether oxygens (including phenoxy) is 2. The highest BCUT2D eigenvalue weighted by atomic mass is 19.4. The van der Waals surface area contributed by atoms with Gasteiger partial charge in [0.1, 0.15) is 13.2 Å². The lowest BCUT2D eigenvalue weighted by Gasteiger charge is -2.42. The summed E-state index contributed by atoms with van der Waals surface area (Å²) in [5, 5.41) is 0. The number of carbonyl (C=O) groups is 2. The highest BCUT2D eigenvalue weighted by Crippen LogP contribution is 2.64. The van der Waals surface area contributed by atoms with Gasteiger partial charge in [0.25, 0.3) is 0 Å². The van der Waals surface area contributed by atoms with Crippen LogP contribution in [0.1, 0.15) is 71.4 Å². The topological polar surface area (TPSA) is 52.6 Å². The minimum absolute atomic E-state index is 0.0196. The highest BCUT2D eigenvalue weighted by molar-refractivity contribution is 5.87. The van der Waals surface area contributed by atoms with Gasteiger partial charge in [-0.1, -0.05) is 52.0 Å². The summed E-state index contributed by atoms with van der Waals surface area (Å²) in [5.41, 5.74) is -0.722. The van der Waals surface area contributed by atoms with Crippen LogP contribution in [0, 0.1) is 10.8 Å². The third-order valence-corrected chi connectivity index (χ3v) is 7.89. The van der Waals surface area contributed by atoms with Crippen LogP contribution in [-0.4, -0.2) is 72.8 Å². The van der Waals surface area contributed by atoms with E-state index in [-0.39, 0.29) is 29.8 Å². The first-order valence-electron chi connectivity index (χ1n) is 15.3. The third kappa shape index (κ3) is 9.88. The van der Waals surface area contributed by atoms with Crippen molar-refractivity contribution in [2.45, 2.75) is 114 Å². The largest absolute Gasteiger partial charge is 0.462 e. The van der Waals surface area contributed by atoms with Crippen LogP contribution in [0.25, 0.3) is 6.08 Å². The number of carbonyl (C=O) groups excluding carboxylic acids is 2. The van der Waals surface area contributed by atoms with Crippen LogP contribution in [0.5, 0.6) is 0 Å². The predicted molar refractivity (Wildman–Crippen MR) is 153 cm³/mol. The van der Waals surface area contributed by atoms with E-state index >= 15 is 0 Å². The Hall–Kier alpha value is -3.29. The molecular formula is C32H35F17O4. The summed E-state index contributed by atoms with van der Waals surface area (Å²) >= 11 is 0. The molecular weight excluding hydrogens is 771 g/mol. The summed E-state index contributed by atoms with van der Waals surface area (Å²) in [6.07, 6.45) is -9.23. The summed E-state index contributed by atoms with van der Waals surface area (Å²) in [4.78, 5) is 24.5. The van der Waals surface area contributed by atoms with E-state index < -0.39 is 84.3 Å². The molecule has 0 fully saturated rings. The van der Waals surface area contributed by atoms with Crippen molar-refractivity contribution in [2.24, 2.45) is 10.8 Å². The maximum atomic E-state index is 14.2. The average Bonchev–Trinajstić information content (AvgIpc) is 3.00. The van der Waals surface area contributed by atoms with E-state index in [0.717, 1.165) is 18.2 Å². The van der Waals surface area contributed by atoms with Gasteiger partial charge in [0.05, 0.1) is 5.41 Å². The second-order valence-electron chi connectivity index (χ2n) is 13.5. The molecule has 53 heavy (non-hydrogen) atoms. The van der Waals surface area contributed by atoms with E-state index in [1.807, 2.05) is 27.7 Å². The molecule has 1 atom stereocenters. The van der Waals surface area contributed by atoms with Gasteiger partial charge in [0, 0.05) is 12.5 Å². The SMILES string of the molecule is CCC(C)(CC(C)(C)C)C(=O)OCCOC(=O)/C=C/c1ccc(CCCC(F)(F)C(F)(F)C(F)(F)C(F)(F)C(F)(F)C(F)(F)C(F)(F)C(F)(F)F)cc1.